The second-order valence-corrected chi connectivity index (χ2v) is 6.21. The molecule has 1 unspecified atom stereocenters. The summed E-state index contributed by atoms with van der Waals surface area (Å²) in [7, 11) is 0. The fourth-order valence-electron chi connectivity index (χ4n) is 3.15. The van der Waals surface area contributed by atoms with E-state index in [1.165, 1.54) is 4.68 Å². The quantitative estimate of drug-likeness (QED) is 0.877. The molecule has 2 aliphatic rings. The number of alkyl halides is 2. The van der Waals surface area contributed by atoms with Crippen LogP contribution in [0.15, 0.2) is 23.0 Å². The lowest BCUT2D eigenvalue weighted by Gasteiger charge is -2.24. The number of aromatic nitrogens is 2. The van der Waals surface area contributed by atoms with Gasteiger partial charge in [0.25, 0.3) is 5.92 Å². The predicted molar refractivity (Wildman–Crippen MR) is 79.7 cm³/mol. The number of halogens is 4. The van der Waals surface area contributed by atoms with E-state index in [9.17, 15) is 18.4 Å². The Morgan fingerprint density at radius 2 is 2.04 bits per heavy atom. The van der Waals surface area contributed by atoms with E-state index in [4.69, 9.17) is 17.3 Å². The molecule has 4 nitrogen and oxygen atoms in total. The highest BCUT2D eigenvalue weighted by atomic mass is 35.5. The fourth-order valence-corrected chi connectivity index (χ4v) is 3.36. The van der Waals surface area contributed by atoms with Crippen LogP contribution >= 0.6 is 11.6 Å². The van der Waals surface area contributed by atoms with E-state index in [0.717, 1.165) is 25.7 Å². The van der Waals surface area contributed by atoms with Gasteiger partial charge in [-0.15, -0.1) is 0 Å². The Hall–Kier alpha value is -1.94. The van der Waals surface area contributed by atoms with E-state index in [1.54, 1.807) is 0 Å². The number of nitrogen functional groups attached to an aromatic ring is 1. The molecule has 0 aliphatic heterocycles. The monoisotopic (exact) mass is 342 g/mol. The van der Waals surface area contributed by atoms with E-state index in [0.29, 0.717) is 12.2 Å². The molecule has 3 rings (SSSR count). The highest BCUT2D eigenvalue weighted by Gasteiger charge is 2.45. The fraction of sp³-hybridized carbons (Fsp3) is 0.467. The van der Waals surface area contributed by atoms with E-state index < -0.39 is 22.7 Å². The van der Waals surface area contributed by atoms with Crippen LogP contribution in [0.4, 0.5) is 19.0 Å². The molecular weight excluding hydrogens is 329 g/mol. The first-order valence-corrected chi connectivity index (χ1v) is 7.64. The Bertz CT molecular complexity index is 739. The molecule has 1 atom stereocenters. The molecule has 122 valence electrons. The normalized spacial score (nSPS) is 24.2. The van der Waals surface area contributed by atoms with Crippen LogP contribution in [0.1, 0.15) is 48.9 Å². The molecule has 2 N–H and O–H groups in total. The molecule has 23 heavy (non-hydrogen) atoms. The highest BCUT2D eigenvalue weighted by Crippen LogP contribution is 2.45. The molecule has 1 aromatic rings. The standard InChI is InChI=1S/C15H14ClF3N4/c16-11-6-15(18,19)10(5-12(11)17)13-9(7-20)14(21)23(22-13)8-3-1-2-4-8/h5-6,8,10H,1-4,21H2. The molecule has 0 saturated heterocycles. The van der Waals surface area contributed by atoms with Crippen molar-refractivity contribution in [1.82, 2.24) is 9.78 Å². The number of hydrogen-bond acceptors (Lipinski definition) is 3. The molecule has 8 heteroatoms. The van der Waals surface area contributed by atoms with Gasteiger partial charge in [0.15, 0.2) is 0 Å². The Balaban J connectivity index is 2.10. The first-order chi connectivity index (χ1) is 10.8. The SMILES string of the molecule is N#Cc1c(C2C=C(F)C(Cl)=CC2(F)F)nn(C2CCCC2)c1N. The lowest BCUT2D eigenvalue weighted by Crippen LogP contribution is -2.26. The summed E-state index contributed by atoms with van der Waals surface area (Å²) >= 11 is 5.44. The summed E-state index contributed by atoms with van der Waals surface area (Å²) in [6.07, 6.45) is 4.69. The van der Waals surface area contributed by atoms with Gasteiger partial charge in [-0.25, -0.2) is 17.9 Å². The average molecular weight is 343 g/mol. The van der Waals surface area contributed by atoms with Crippen LogP contribution in [0.25, 0.3) is 0 Å². The Kier molecular flexibility index (Phi) is 3.88. The van der Waals surface area contributed by atoms with Crippen molar-refractivity contribution in [2.75, 3.05) is 5.73 Å². The molecule has 0 aromatic carbocycles. The zero-order valence-electron chi connectivity index (χ0n) is 12.1. The summed E-state index contributed by atoms with van der Waals surface area (Å²) in [5.74, 6) is -6.05. The second kappa shape index (κ2) is 5.60. The smallest absolute Gasteiger partial charge is 0.280 e. The molecule has 0 spiro atoms. The Labute approximate surface area is 136 Å². The molecule has 1 saturated carbocycles. The molecule has 0 bridgehead atoms. The summed E-state index contributed by atoms with van der Waals surface area (Å²) in [6, 6.07) is 1.81. The maximum absolute atomic E-state index is 14.2. The number of anilines is 1. The number of nitriles is 1. The minimum atomic E-state index is -3.44. The van der Waals surface area contributed by atoms with Gasteiger partial charge in [-0.2, -0.15) is 10.4 Å². The second-order valence-electron chi connectivity index (χ2n) is 5.80. The third-order valence-corrected chi connectivity index (χ3v) is 4.62. The van der Waals surface area contributed by atoms with Crippen molar-refractivity contribution in [3.05, 3.63) is 34.3 Å². The van der Waals surface area contributed by atoms with Gasteiger partial charge in [-0.05, 0) is 18.9 Å². The lowest BCUT2D eigenvalue weighted by molar-refractivity contribution is 0.0347. The van der Waals surface area contributed by atoms with E-state index in [1.807, 2.05) is 6.07 Å². The van der Waals surface area contributed by atoms with Crippen molar-refractivity contribution >= 4 is 17.4 Å². The Morgan fingerprint density at radius 1 is 1.39 bits per heavy atom. The molecule has 2 aliphatic carbocycles. The van der Waals surface area contributed by atoms with Gasteiger partial charge in [0.05, 0.1) is 22.7 Å². The summed E-state index contributed by atoms with van der Waals surface area (Å²) in [6.45, 7) is 0. The topological polar surface area (TPSA) is 67.6 Å². The average Bonchev–Trinajstić information content (AvgIpc) is 3.10. The molecule has 1 aromatic heterocycles. The van der Waals surface area contributed by atoms with Gasteiger partial charge in [-0.3, -0.25) is 0 Å². The van der Waals surface area contributed by atoms with Crippen LogP contribution in [-0.2, 0) is 0 Å². The lowest BCUT2D eigenvalue weighted by atomic mass is 9.90. The molecule has 0 amide bonds. The van der Waals surface area contributed by atoms with Crippen molar-refractivity contribution in [3.63, 3.8) is 0 Å². The van der Waals surface area contributed by atoms with Gasteiger partial charge >= 0.3 is 0 Å². The summed E-state index contributed by atoms with van der Waals surface area (Å²) in [4.78, 5) is 0. The van der Waals surface area contributed by atoms with Crippen LogP contribution in [0.5, 0.6) is 0 Å². The van der Waals surface area contributed by atoms with Gasteiger partial charge in [0.1, 0.15) is 23.3 Å². The van der Waals surface area contributed by atoms with Crippen molar-refractivity contribution in [3.8, 4) is 6.07 Å². The third kappa shape index (κ3) is 2.61. The predicted octanol–water partition coefficient (Wildman–Crippen LogP) is 4.16. The first-order valence-electron chi connectivity index (χ1n) is 7.27. The van der Waals surface area contributed by atoms with E-state index >= 15 is 0 Å². The van der Waals surface area contributed by atoms with Gasteiger partial charge < -0.3 is 5.73 Å². The Morgan fingerprint density at radius 3 is 2.65 bits per heavy atom. The van der Waals surface area contributed by atoms with Crippen molar-refractivity contribution in [1.29, 1.82) is 5.26 Å². The van der Waals surface area contributed by atoms with Gasteiger partial charge in [0, 0.05) is 6.08 Å². The molecule has 1 heterocycles. The molecule has 0 radical (unpaired) electrons. The largest absolute Gasteiger partial charge is 0.383 e. The van der Waals surface area contributed by atoms with E-state index in [-0.39, 0.29) is 23.1 Å². The van der Waals surface area contributed by atoms with E-state index in [2.05, 4.69) is 5.10 Å². The minimum Gasteiger partial charge on any atom is -0.383 e. The van der Waals surface area contributed by atoms with Crippen molar-refractivity contribution in [2.45, 2.75) is 43.6 Å². The van der Waals surface area contributed by atoms with Crippen LogP contribution in [0.2, 0.25) is 0 Å². The zero-order valence-corrected chi connectivity index (χ0v) is 12.8. The number of allylic oxidation sites excluding steroid dienone is 4. The number of nitrogens with two attached hydrogens (primary N) is 1. The van der Waals surface area contributed by atoms with Crippen molar-refractivity contribution in [2.24, 2.45) is 0 Å². The van der Waals surface area contributed by atoms with Gasteiger partial charge in [0.2, 0.25) is 0 Å². The van der Waals surface area contributed by atoms with Crippen LogP contribution in [0.3, 0.4) is 0 Å². The van der Waals surface area contributed by atoms with Crippen LogP contribution < -0.4 is 5.73 Å². The van der Waals surface area contributed by atoms with Crippen LogP contribution in [0, 0.1) is 11.3 Å². The maximum atomic E-state index is 14.2. The number of hydrogen-bond donors (Lipinski definition) is 1. The van der Waals surface area contributed by atoms with Crippen LogP contribution in [-0.4, -0.2) is 15.7 Å². The number of rotatable bonds is 2. The summed E-state index contributed by atoms with van der Waals surface area (Å²) in [5, 5.41) is 12.8. The molecule has 1 fully saturated rings. The van der Waals surface area contributed by atoms with Crippen molar-refractivity contribution < 1.29 is 13.2 Å². The number of nitrogens with zero attached hydrogens (tertiary/aromatic N) is 3. The zero-order chi connectivity index (χ0) is 16.8. The third-order valence-electron chi connectivity index (χ3n) is 4.33. The maximum Gasteiger partial charge on any atom is 0.280 e. The van der Waals surface area contributed by atoms with Gasteiger partial charge in [-0.1, -0.05) is 24.4 Å². The highest BCUT2D eigenvalue weighted by molar-refractivity contribution is 6.31. The first kappa shape index (κ1) is 15.9. The minimum absolute atomic E-state index is 0.0129. The summed E-state index contributed by atoms with van der Waals surface area (Å²) in [5.41, 5.74) is 5.59. The molecular formula is C15H14ClF3N4. The summed E-state index contributed by atoms with van der Waals surface area (Å²) < 4.78 is 43.6.